The van der Waals surface area contributed by atoms with Crippen LogP contribution in [0.5, 0.6) is 0 Å². The second kappa shape index (κ2) is 7.80. The van der Waals surface area contributed by atoms with Crippen LogP contribution in [-0.4, -0.2) is 20.1 Å². The molecule has 0 bridgehead atoms. The standard InChI is InChI=1S/C13H8Cl2N4S.CH4N2S/c14-8-2-1-3-9(15)10(8)7-4-6-5-17-13(16)19-11(6)18-12(7)20;2-1(3)4/h1-5,7H,(H2,16,18,19,20);(H4,2,3,4). The molecule has 10 heteroatoms. The first-order chi connectivity index (χ1) is 11.3. The number of fused-ring (bicyclic) bond motifs is 1. The van der Waals surface area contributed by atoms with Crippen molar-refractivity contribution in [3.8, 4) is 0 Å². The zero-order chi connectivity index (χ0) is 17.9. The Kier molecular flexibility index (Phi) is 6.00. The number of nitrogens with two attached hydrogens (primary N) is 3. The maximum atomic E-state index is 6.22. The molecular weight excluding hydrogens is 387 g/mol. The van der Waals surface area contributed by atoms with Crippen LogP contribution in [-0.2, 0) is 0 Å². The Morgan fingerprint density at radius 3 is 2.33 bits per heavy atom. The molecular formula is C14H12Cl2N6S2. The van der Waals surface area contributed by atoms with Gasteiger partial charge in [-0.25, -0.2) is 9.98 Å². The summed E-state index contributed by atoms with van der Waals surface area (Å²) < 4.78 is 0. The maximum Gasteiger partial charge on any atom is 0.222 e. The van der Waals surface area contributed by atoms with Gasteiger partial charge in [0.25, 0.3) is 0 Å². The van der Waals surface area contributed by atoms with Crippen LogP contribution in [0.4, 0.5) is 5.95 Å². The number of thiocarbonyl (C=S) groups is 2. The topological polar surface area (TPSA) is 116 Å². The molecule has 1 aromatic carbocycles. The summed E-state index contributed by atoms with van der Waals surface area (Å²) in [6.45, 7) is 0. The van der Waals surface area contributed by atoms with Crippen LogP contribution in [0.1, 0.15) is 11.5 Å². The number of nitrogens with zero attached hydrogens (tertiary/aromatic N) is 3. The Bertz CT molecular complexity index is 907. The minimum atomic E-state index is -0.272. The lowest BCUT2D eigenvalue weighted by Gasteiger charge is -2.17. The Labute approximate surface area is 158 Å². The number of hydrogen-bond donors (Lipinski definition) is 3. The molecule has 24 heavy (non-hydrogen) atoms. The first-order valence-electron chi connectivity index (χ1n) is 6.51. The fraction of sp³-hybridized carbons (Fsp3) is 0.0714. The Morgan fingerprint density at radius 1 is 1.17 bits per heavy atom. The van der Waals surface area contributed by atoms with Gasteiger partial charge >= 0.3 is 0 Å². The largest absolute Gasteiger partial charge is 0.377 e. The smallest absolute Gasteiger partial charge is 0.222 e. The molecule has 0 radical (unpaired) electrons. The highest BCUT2D eigenvalue weighted by Crippen LogP contribution is 2.34. The molecule has 6 nitrogen and oxygen atoms in total. The highest BCUT2D eigenvalue weighted by molar-refractivity contribution is 7.80. The number of anilines is 1. The third-order valence-electron chi connectivity index (χ3n) is 2.95. The van der Waals surface area contributed by atoms with Crippen molar-refractivity contribution >= 4 is 69.8 Å². The number of benzene rings is 1. The number of halogens is 2. The monoisotopic (exact) mass is 398 g/mol. The highest BCUT2D eigenvalue weighted by Gasteiger charge is 2.22. The van der Waals surface area contributed by atoms with Gasteiger partial charge < -0.3 is 17.2 Å². The minimum Gasteiger partial charge on any atom is -0.377 e. The van der Waals surface area contributed by atoms with E-state index in [2.05, 4.69) is 38.6 Å². The lowest BCUT2D eigenvalue weighted by molar-refractivity contribution is 1.03. The van der Waals surface area contributed by atoms with Gasteiger partial charge in [0.15, 0.2) is 10.6 Å². The minimum absolute atomic E-state index is 0.000000000000000222. The number of rotatable bonds is 1. The molecule has 1 aliphatic heterocycles. The van der Waals surface area contributed by atoms with E-state index in [0.29, 0.717) is 20.5 Å². The van der Waals surface area contributed by atoms with Gasteiger partial charge in [-0.15, -0.1) is 0 Å². The van der Waals surface area contributed by atoms with Gasteiger partial charge in [0, 0.05) is 27.0 Å². The molecule has 0 saturated carbocycles. The average molecular weight is 399 g/mol. The van der Waals surface area contributed by atoms with Gasteiger partial charge in [-0.1, -0.05) is 47.6 Å². The summed E-state index contributed by atoms with van der Waals surface area (Å²) in [6.07, 6.45) is 3.51. The summed E-state index contributed by atoms with van der Waals surface area (Å²) in [7, 11) is 0. The van der Waals surface area contributed by atoms with Crippen LogP contribution in [0.15, 0.2) is 29.4 Å². The zero-order valence-electron chi connectivity index (χ0n) is 12.1. The summed E-state index contributed by atoms with van der Waals surface area (Å²) in [6, 6.07) is 5.33. The molecule has 3 rings (SSSR count). The molecule has 6 N–H and O–H groups in total. The van der Waals surface area contributed by atoms with Crippen molar-refractivity contribution in [1.82, 2.24) is 9.97 Å². The molecule has 0 spiro atoms. The van der Waals surface area contributed by atoms with Crippen LogP contribution < -0.4 is 27.9 Å². The molecule has 0 fully saturated rings. The van der Waals surface area contributed by atoms with Crippen molar-refractivity contribution in [3.63, 3.8) is 0 Å². The lowest BCUT2D eigenvalue weighted by atomic mass is 9.96. The molecule has 2 aromatic rings. The van der Waals surface area contributed by atoms with Gasteiger partial charge in [-0.3, -0.25) is 0 Å². The molecule has 2 heterocycles. The molecule has 1 unspecified atom stereocenters. The van der Waals surface area contributed by atoms with E-state index in [0.717, 1.165) is 10.8 Å². The number of aromatic nitrogens is 2. The van der Waals surface area contributed by atoms with E-state index in [4.69, 9.17) is 41.2 Å². The van der Waals surface area contributed by atoms with E-state index in [-0.39, 0.29) is 17.0 Å². The maximum absolute atomic E-state index is 6.22. The van der Waals surface area contributed by atoms with Gasteiger partial charge in [0.05, 0.1) is 5.92 Å². The van der Waals surface area contributed by atoms with Crippen LogP contribution in [0.2, 0.25) is 10.0 Å². The Balaban J connectivity index is 0.000000471. The average Bonchev–Trinajstić information content (AvgIpc) is 2.47. The summed E-state index contributed by atoms with van der Waals surface area (Å²) in [5, 5.41) is 1.86. The van der Waals surface area contributed by atoms with E-state index >= 15 is 0 Å². The van der Waals surface area contributed by atoms with Crippen LogP contribution in [0.3, 0.4) is 0 Å². The molecule has 1 aromatic heterocycles. The fourth-order valence-corrected chi connectivity index (χ4v) is 2.95. The van der Waals surface area contributed by atoms with Gasteiger partial charge in [0.1, 0.15) is 4.99 Å². The van der Waals surface area contributed by atoms with Gasteiger partial charge in [0.2, 0.25) is 5.95 Å². The van der Waals surface area contributed by atoms with E-state index in [1.54, 1.807) is 24.4 Å². The number of hydrogen-bond acceptors (Lipinski definition) is 5. The normalized spacial score (nSPS) is 15.2. The van der Waals surface area contributed by atoms with Gasteiger partial charge in [-0.2, -0.15) is 4.98 Å². The van der Waals surface area contributed by atoms with E-state index < -0.39 is 0 Å². The zero-order valence-corrected chi connectivity index (χ0v) is 15.3. The van der Waals surface area contributed by atoms with Gasteiger partial charge in [-0.05, 0) is 24.4 Å². The van der Waals surface area contributed by atoms with Crippen molar-refractivity contribution in [1.29, 1.82) is 0 Å². The molecule has 0 aliphatic carbocycles. The van der Waals surface area contributed by atoms with Crippen molar-refractivity contribution in [2.24, 2.45) is 16.5 Å². The van der Waals surface area contributed by atoms with Crippen molar-refractivity contribution in [3.05, 3.63) is 50.7 Å². The summed E-state index contributed by atoms with van der Waals surface area (Å²) in [5.74, 6) is -0.108. The second-order valence-corrected chi connectivity index (χ2v) is 6.34. The lowest BCUT2D eigenvalue weighted by Crippen LogP contribution is -2.36. The third-order valence-corrected chi connectivity index (χ3v) is 3.96. The molecule has 0 saturated heterocycles. The summed E-state index contributed by atoms with van der Waals surface area (Å²) >= 11 is 21.9. The van der Waals surface area contributed by atoms with Crippen molar-refractivity contribution in [2.75, 3.05) is 5.73 Å². The first kappa shape index (κ1) is 18.5. The van der Waals surface area contributed by atoms with E-state index in [1.807, 2.05) is 6.08 Å². The van der Waals surface area contributed by atoms with Crippen molar-refractivity contribution in [2.45, 2.75) is 5.92 Å². The van der Waals surface area contributed by atoms with Crippen molar-refractivity contribution < 1.29 is 0 Å². The predicted molar refractivity (Wildman–Crippen MR) is 104 cm³/mol. The Morgan fingerprint density at radius 2 is 1.75 bits per heavy atom. The number of nitrogen functional groups attached to an aromatic ring is 1. The molecule has 1 aliphatic rings. The summed E-state index contributed by atoms with van der Waals surface area (Å²) in [4.78, 5) is 12.8. The molecule has 1 atom stereocenters. The van der Waals surface area contributed by atoms with Crippen LogP contribution in [0, 0.1) is 0 Å². The van der Waals surface area contributed by atoms with E-state index in [9.17, 15) is 0 Å². The summed E-state index contributed by atoms with van der Waals surface area (Å²) in [5.41, 5.74) is 16.0. The fourth-order valence-electron chi connectivity index (χ4n) is 2.04. The van der Waals surface area contributed by atoms with Crippen LogP contribution >= 0.6 is 47.6 Å². The SMILES string of the molecule is NC(N)=S.Nc1ncc2c(n1)=NC(=S)C(c1c(Cl)cccc1Cl)C=2. The first-order valence-corrected chi connectivity index (χ1v) is 8.08. The Hall–Kier alpha value is -1.87. The quantitative estimate of drug-likeness (QED) is 0.615. The molecule has 124 valence electrons. The van der Waals surface area contributed by atoms with E-state index in [1.165, 1.54) is 0 Å². The second-order valence-electron chi connectivity index (χ2n) is 4.64. The van der Waals surface area contributed by atoms with Crippen LogP contribution in [0.25, 0.3) is 6.08 Å². The predicted octanol–water partition coefficient (Wildman–Crippen LogP) is 1.08. The highest BCUT2D eigenvalue weighted by atomic mass is 35.5. The molecule has 0 amide bonds. The third kappa shape index (κ3) is 4.35.